The zero-order valence-corrected chi connectivity index (χ0v) is 12.7. The highest BCUT2D eigenvalue weighted by Gasteiger charge is 2.38. The smallest absolute Gasteiger partial charge is 0.0346 e. The summed E-state index contributed by atoms with van der Waals surface area (Å²) in [6.07, 6.45) is 12.1. The summed E-state index contributed by atoms with van der Waals surface area (Å²) >= 11 is 5.69. The Bertz CT molecular complexity index is 240. The molecule has 0 saturated carbocycles. The molecule has 0 aliphatic carbocycles. The summed E-state index contributed by atoms with van der Waals surface area (Å²) in [4.78, 5) is 2.56. The van der Waals surface area contributed by atoms with Gasteiger partial charge in [-0.05, 0) is 72.4 Å². The molecule has 0 aromatic rings. The summed E-state index contributed by atoms with van der Waals surface area (Å²) in [6.45, 7) is 9.43. The van der Waals surface area contributed by atoms with E-state index in [2.05, 4.69) is 44.9 Å². The highest BCUT2D eigenvalue weighted by Crippen LogP contribution is 2.38. The molecule has 0 aromatic heterocycles. The molecule has 17 heavy (non-hydrogen) atoms. The fourth-order valence-electron chi connectivity index (χ4n) is 2.95. The van der Waals surface area contributed by atoms with Gasteiger partial charge in [0.25, 0.3) is 0 Å². The third-order valence-corrected chi connectivity index (χ3v) is 4.16. The molecular weight excluding hydrogens is 230 g/mol. The molecule has 1 saturated heterocycles. The van der Waals surface area contributed by atoms with Crippen molar-refractivity contribution in [3.05, 3.63) is 12.3 Å². The average molecular weight is 258 g/mol. The van der Waals surface area contributed by atoms with Crippen LogP contribution in [0.3, 0.4) is 0 Å². The van der Waals surface area contributed by atoms with Crippen LogP contribution in [0.25, 0.3) is 0 Å². The summed E-state index contributed by atoms with van der Waals surface area (Å²) < 4.78 is 0. The molecule has 1 fully saturated rings. The molecule has 2 heteroatoms. The average Bonchev–Trinajstić information content (AvgIpc) is 2.20. The van der Waals surface area contributed by atoms with Gasteiger partial charge in [0.1, 0.15) is 0 Å². The summed E-state index contributed by atoms with van der Waals surface area (Å²) in [7, 11) is 0. The van der Waals surface area contributed by atoms with E-state index in [1.807, 2.05) is 0 Å². The normalized spacial score (nSPS) is 23.2. The molecule has 0 bridgehead atoms. The first kappa shape index (κ1) is 14.9. The van der Waals surface area contributed by atoms with Crippen LogP contribution in [0.2, 0.25) is 0 Å². The van der Waals surface area contributed by atoms with Crippen molar-refractivity contribution in [2.45, 2.75) is 77.3 Å². The molecule has 0 radical (unpaired) electrons. The van der Waals surface area contributed by atoms with Gasteiger partial charge in [0.15, 0.2) is 0 Å². The Morgan fingerprint density at radius 1 is 1.06 bits per heavy atom. The van der Waals surface area contributed by atoms with Crippen LogP contribution in [0.15, 0.2) is 12.3 Å². The topological polar surface area (TPSA) is 3.24 Å². The molecule has 1 heterocycles. The van der Waals surface area contributed by atoms with Gasteiger partial charge < -0.3 is 4.90 Å². The second-order valence-electron chi connectivity index (χ2n) is 6.42. The molecule has 0 amide bonds. The molecule has 100 valence electrons. The van der Waals surface area contributed by atoms with Gasteiger partial charge in [0.2, 0.25) is 0 Å². The van der Waals surface area contributed by atoms with Crippen LogP contribution in [0.4, 0.5) is 0 Å². The molecule has 1 nitrogen and oxygen atoms in total. The Hall–Kier alpha value is -0.170. The van der Waals surface area contributed by atoms with Gasteiger partial charge in [-0.15, -0.1) is 11.6 Å². The van der Waals surface area contributed by atoms with Gasteiger partial charge in [-0.2, -0.15) is 0 Å². The van der Waals surface area contributed by atoms with Crippen molar-refractivity contribution in [1.82, 2.24) is 4.90 Å². The largest absolute Gasteiger partial charge is 0.368 e. The number of rotatable bonds is 5. The van der Waals surface area contributed by atoms with Gasteiger partial charge in [0.05, 0.1) is 0 Å². The molecule has 0 unspecified atom stereocenters. The van der Waals surface area contributed by atoms with Crippen LogP contribution < -0.4 is 0 Å². The Morgan fingerprint density at radius 2 is 1.65 bits per heavy atom. The van der Waals surface area contributed by atoms with Crippen LogP contribution in [0, 0.1) is 0 Å². The maximum absolute atomic E-state index is 5.69. The fraction of sp³-hybridized carbons (Fsp3) is 0.867. The lowest BCUT2D eigenvalue weighted by Crippen LogP contribution is -2.55. The number of piperidine rings is 1. The fourth-order valence-corrected chi connectivity index (χ4v) is 3.14. The predicted molar refractivity (Wildman–Crippen MR) is 77.6 cm³/mol. The third-order valence-electron chi connectivity index (χ3n) is 3.89. The van der Waals surface area contributed by atoms with E-state index in [1.54, 1.807) is 0 Å². The molecule has 0 atom stereocenters. The van der Waals surface area contributed by atoms with Crippen molar-refractivity contribution in [3.8, 4) is 0 Å². The Kier molecular flexibility index (Phi) is 5.37. The number of allylic oxidation sites excluding steroid dienone is 1. The van der Waals surface area contributed by atoms with E-state index >= 15 is 0 Å². The third kappa shape index (κ3) is 4.21. The van der Waals surface area contributed by atoms with Gasteiger partial charge in [-0.25, -0.2) is 0 Å². The lowest BCUT2D eigenvalue weighted by Gasteiger charge is -2.52. The van der Waals surface area contributed by atoms with Crippen LogP contribution in [-0.2, 0) is 0 Å². The molecule has 1 aliphatic heterocycles. The number of alkyl halides is 1. The van der Waals surface area contributed by atoms with Crippen molar-refractivity contribution in [1.29, 1.82) is 0 Å². The summed E-state index contributed by atoms with van der Waals surface area (Å²) in [5.74, 6) is 0.786. The predicted octanol–water partition coefficient (Wildman–Crippen LogP) is 4.95. The lowest BCUT2D eigenvalue weighted by molar-refractivity contribution is 0.0188. The number of unbranched alkanes of at least 4 members (excludes halogenated alkanes) is 2. The van der Waals surface area contributed by atoms with E-state index in [4.69, 9.17) is 11.6 Å². The van der Waals surface area contributed by atoms with Gasteiger partial charge in [-0.3, -0.25) is 0 Å². The van der Waals surface area contributed by atoms with Gasteiger partial charge in [0, 0.05) is 17.0 Å². The van der Waals surface area contributed by atoms with Crippen molar-refractivity contribution >= 4 is 11.6 Å². The van der Waals surface area contributed by atoms with Crippen molar-refractivity contribution in [2.24, 2.45) is 0 Å². The maximum atomic E-state index is 5.69. The van der Waals surface area contributed by atoms with E-state index in [9.17, 15) is 0 Å². The van der Waals surface area contributed by atoms with E-state index in [-0.39, 0.29) is 0 Å². The monoisotopic (exact) mass is 257 g/mol. The first-order valence-corrected chi connectivity index (χ1v) is 7.46. The quantitative estimate of drug-likeness (QED) is 0.497. The zero-order valence-electron chi connectivity index (χ0n) is 11.9. The molecule has 0 N–H and O–H groups in total. The minimum atomic E-state index is 0.296. The molecule has 0 spiro atoms. The summed E-state index contributed by atoms with van der Waals surface area (Å²) in [6, 6.07) is 0. The SMILES string of the molecule is CC1(C)CCCC(C)(C)N1/C=C/CCCCCl. The Labute approximate surface area is 112 Å². The van der Waals surface area contributed by atoms with E-state index < -0.39 is 0 Å². The van der Waals surface area contributed by atoms with E-state index in [0.717, 1.165) is 18.7 Å². The van der Waals surface area contributed by atoms with Crippen molar-refractivity contribution < 1.29 is 0 Å². The molecule has 1 aliphatic rings. The molecule has 0 aromatic carbocycles. The molecular formula is C15H28ClN. The Morgan fingerprint density at radius 3 is 2.18 bits per heavy atom. The molecule has 1 rings (SSSR count). The minimum Gasteiger partial charge on any atom is -0.368 e. The minimum absolute atomic E-state index is 0.296. The van der Waals surface area contributed by atoms with Crippen LogP contribution in [0.5, 0.6) is 0 Å². The van der Waals surface area contributed by atoms with Crippen LogP contribution in [0.1, 0.15) is 66.2 Å². The lowest BCUT2D eigenvalue weighted by atomic mass is 9.80. The first-order chi connectivity index (χ1) is 7.90. The maximum Gasteiger partial charge on any atom is 0.0346 e. The highest BCUT2D eigenvalue weighted by atomic mass is 35.5. The first-order valence-electron chi connectivity index (χ1n) is 6.92. The van der Waals surface area contributed by atoms with E-state index in [1.165, 1.54) is 25.7 Å². The van der Waals surface area contributed by atoms with Crippen LogP contribution in [-0.4, -0.2) is 21.9 Å². The second kappa shape index (κ2) is 6.13. The number of hydrogen-bond donors (Lipinski definition) is 0. The van der Waals surface area contributed by atoms with E-state index in [0.29, 0.717) is 11.1 Å². The van der Waals surface area contributed by atoms with Crippen molar-refractivity contribution in [3.63, 3.8) is 0 Å². The van der Waals surface area contributed by atoms with Gasteiger partial charge in [-0.1, -0.05) is 6.08 Å². The Balaban J connectivity index is 2.57. The number of halogens is 1. The second-order valence-corrected chi connectivity index (χ2v) is 6.80. The number of nitrogens with zero attached hydrogens (tertiary/aromatic N) is 1. The zero-order chi connectivity index (χ0) is 12.9. The summed E-state index contributed by atoms with van der Waals surface area (Å²) in [5, 5.41) is 0. The van der Waals surface area contributed by atoms with Crippen molar-refractivity contribution in [2.75, 3.05) is 5.88 Å². The van der Waals surface area contributed by atoms with Crippen LogP contribution >= 0.6 is 11.6 Å². The standard InChI is InChI=1S/C15H28ClN/c1-14(2)10-9-11-15(3,4)17(14)13-8-6-5-7-12-16/h8,13H,5-7,9-12H2,1-4H3/b13-8+. The number of likely N-dealkylation sites (tertiary alicyclic amines) is 1. The highest BCUT2D eigenvalue weighted by molar-refractivity contribution is 6.17. The number of hydrogen-bond acceptors (Lipinski definition) is 1. The summed E-state index contributed by atoms with van der Waals surface area (Å²) in [5.41, 5.74) is 0.593. The van der Waals surface area contributed by atoms with Gasteiger partial charge >= 0.3 is 0 Å².